The molecule has 7 heteroatoms. The van der Waals surface area contributed by atoms with Crippen LogP contribution in [-0.4, -0.2) is 39.9 Å². The lowest BCUT2D eigenvalue weighted by molar-refractivity contribution is 0.0783. The van der Waals surface area contributed by atoms with E-state index in [1.54, 1.807) is 32.6 Å². The Kier molecular flexibility index (Phi) is 7.40. The third-order valence-corrected chi connectivity index (χ3v) is 6.58. The number of nitrogens with one attached hydrogen (secondary N) is 1. The lowest BCUT2D eigenvalue weighted by Crippen LogP contribution is -2.36. The zero-order valence-electron chi connectivity index (χ0n) is 19.9. The minimum absolute atomic E-state index is 0.0197. The maximum Gasteiger partial charge on any atom is 0.259 e. The molecule has 1 saturated carbocycles. The molecule has 1 fully saturated rings. The minimum Gasteiger partial charge on any atom is -0.352 e. The van der Waals surface area contributed by atoms with Crippen molar-refractivity contribution >= 4 is 22.7 Å². The summed E-state index contributed by atoms with van der Waals surface area (Å²) in [4.78, 5) is 45.2. The van der Waals surface area contributed by atoms with E-state index in [1.807, 2.05) is 34.9 Å². The second-order valence-electron chi connectivity index (χ2n) is 9.12. The Morgan fingerprint density at radius 1 is 1.09 bits per heavy atom. The summed E-state index contributed by atoms with van der Waals surface area (Å²) in [7, 11) is 1.68. The molecule has 34 heavy (non-hydrogen) atoms. The molecule has 1 aromatic carbocycles. The summed E-state index contributed by atoms with van der Waals surface area (Å²) in [5.41, 5.74) is 1.33. The molecular formula is C27H32N4O3. The van der Waals surface area contributed by atoms with Crippen LogP contribution < -0.4 is 10.7 Å². The number of fused-ring (bicyclic) bond motifs is 1. The Morgan fingerprint density at radius 2 is 1.85 bits per heavy atom. The van der Waals surface area contributed by atoms with E-state index in [0.29, 0.717) is 25.6 Å². The molecule has 1 aliphatic rings. The molecule has 3 aromatic rings. The van der Waals surface area contributed by atoms with Gasteiger partial charge < -0.3 is 14.8 Å². The van der Waals surface area contributed by atoms with Crippen molar-refractivity contribution in [3.63, 3.8) is 0 Å². The molecule has 0 unspecified atom stereocenters. The predicted octanol–water partition coefficient (Wildman–Crippen LogP) is 4.00. The van der Waals surface area contributed by atoms with Crippen molar-refractivity contribution in [2.75, 3.05) is 13.6 Å². The quantitative estimate of drug-likeness (QED) is 0.578. The van der Waals surface area contributed by atoms with Gasteiger partial charge in [0, 0.05) is 50.7 Å². The van der Waals surface area contributed by atoms with Crippen LogP contribution in [0.25, 0.3) is 10.9 Å². The Bertz CT molecular complexity index is 1240. The van der Waals surface area contributed by atoms with Gasteiger partial charge in [-0.2, -0.15) is 0 Å². The second-order valence-corrected chi connectivity index (χ2v) is 9.12. The number of nitrogens with zero attached hydrogens (tertiary/aromatic N) is 3. The van der Waals surface area contributed by atoms with Crippen LogP contribution in [0.1, 0.15) is 65.3 Å². The number of aromatic nitrogens is 2. The third kappa shape index (κ3) is 5.19. The average Bonchev–Trinajstić information content (AvgIpc) is 2.85. The molecule has 0 radical (unpaired) electrons. The number of hydrogen-bond donors (Lipinski definition) is 1. The van der Waals surface area contributed by atoms with Crippen LogP contribution in [0.5, 0.6) is 0 Å². The van der Waals surface area contributed by atoms with Gasteiger partial charge in [0.15, 0.2) is 0 Å². The van der Waals surface area contributed by atoms with Crippen molar-refractivity contribution in [2.45, 2.75) is 52.1 Å². The number of amides is 2. The Balaban J connectivity index is 1.65. The van der Waals surface area contributed by atoms with Gasteiger partial charge in [-0.05, 0) is 43.4 Å². The summed E-state index contributed by atoms with van der Waals surface area (Å²) in [6.07, 6.45) is 10.9. The molecule has 0 spiro atoms. The summed E-state index contributed by atoms with van der Waals surface area (Å²) in [5.74, 6) is -0.348. The number of pyridine rings is 2. The highest BCUT2D eigenvalue weighted by Crippen LogP contribution is 2.25. The van der Waals surface area contributed by atoms with E-state index < -0.39 is 17.2 Å². The summed E-state index contributed by atoms with van der Waals surface area (Å²) < 4.78 is 1.87. The van der Waals surface area contributed by atoms with Gasteiger partial charge >= 0.3 is 0 Å². The largest absolute Gasteiger partial charge is 0.352 e. The van der Waals surface area contributed by atoms with Gasteiger partial charge in [0.2, 0.25) is 5.43 Å². The van der Waals surface area contributed by atoms with Crippen LogP contribution in [0.4, 0.5) is 0 Å². The molecule has 1 N–H and O–H groups in total. The van der Waals surface area contributed by atoms with Crippen molar-refractivity contribution < 1.29 is 9.59 Å². The van der Waals surface area contributed by atoms with Gasteiger partial charge in [0.25, 0.3) is 11.8 Å². The van der Waals surface area contributed by atoms with E-state index in [1.165, 1.54) is 24.2 Å². The van der Waals surface area contributed by atoms with Crippen LogP contribution in [-0.2, 0) is 13.1 Å². The third-order valence-electron chi connectivity index (χ3n) is 6.58. The van der Waals surface area contributed by atoms with E-state index >= 15 is 0 Å². The van der Waals surface area contributed by atoms with E-state index in [2.05, 4.69) is 10.3 Å². The van der Waals surface area contributed by atoms with Gasteiger partial charge in [-0.25, -0.2) is 0 Å². The van der Waals surface area contributed by atoms with Crippen LogP contribution >= 0.6 is 0 Å². The summed E-state index contributed by atoms with van der Waals surface area (Å²) >= 11 is 0. The maximum absolute atomic E-state index is 13.4. The number of carbonyl (C=O) groups excluding carboxylic acids is 2. The van der Waals surface area contributed by atoms with Crippen LogP contribution in [0.15, 0.2) is 53.7 Å². The first-order valence-corrected chi connectivity index (χ1v) is 12.1. The van der Waals surface area contributed by atoms with Gasteiger partial charge in [-0.3, -0.25) is 19.4 Å². The van der Waals surface area contributed by atoms with E-state index in [-0.39, 0.29) is 11.1 Å². The molecule has 4 rings (SSSR count). The smallest absolute Gasteiger partial charge is 0.259 e. The lowest BCUT2D eigenvalue weighted by Gasteiger charge is -2.24. The molecule has 1 aliphatic carbocycles. The highest BCUT2D eigenvalue weighted by Gasteiger charge is 2.23. The predicted molar refractivity (Wildman–Crippen MR) is 133 cm³/mol. The maximum atomic E-state index is 13.4. The van der Waals surface area contributed by atoms with Gasteiger partial charge in [-0.1, -0.05) is 37.5 Å². The summed E-state index contributed by atoms with van der Waals surface area (Å²) in [5, 5.41) is 3.67. The number of rotatable bonds is 7. The molecule has 0 atom stereocenters. The first kappa shape index (κ1) is 23.7. The first-order chi connectivity index (χ1) is 16.5. The lowest BCUT2D eigenvalue weighted by atomic mass is 9.89. The van der Waals surface area contributed by atoms with Crippen LogP contribution in [0.3, 0.4) is 0 Å². The van der Waals surface area contributed by atoms with Crippen LogP contribution in [0.2, 0.25) is 0 Å². The fraction of sp³-hybridized carbons (Fsp3) is 0.407. The zero-order chi connectivity index (χ0) is 24.1. The molecule has 2 heterocycles. The standard InChI is InChI=1S/C27H32N4O3/c1-3-28-26(33)22-17-31(15-19-9-5-4-6-10-19)18-23(25(22)32)27(34)30(2)16-20-11-7-13-24-21(20)12-8-14-29-24/h7-8,11-14,17-19H,3-6,9-10,15-16H2,1-2H3,(H,28,33). The molecule has 0 bridgehead atoms. The number of benzene rings is 1. The van der Waals surface area contributed by atoms with Crippen molar-refractivity contribution in [1.29, 1.82) is 0 Å². The molecule has 7 nitrogen and oxygen atoms in total. The van der Waals surface area contributed by atoms with E-state index in [0.717, 1.165) is 29.3 Å². The SMILES string of the molecule is CCNC(=O)c1cn(CC2CCCCC2)cc(C(=O)N(C)Cc2cccc3ncccc23)c1=O. The topological polar surface area (TPSA) is 84.3 Å². The molecule has 2 amide bonds. The monoisotopic (exact) mass is 460 g/mol. The fourth-order valence-electron chi connectivity index (χ4n) is 4.81. The second kappa shape index (κ2) is 10.6. The van der Waals surface area contributed by atoms with Gasteiger partial charge in [-0.15, -0.1) is 0 Å². The highest BCUT2D eigenvalue weighted by molar-refractivity contribution is 5.99. The molecule has 0 saturated heterocycles. The van der Waals surface area contributed by atoms with Gasteiger partial charge in [0.05, 0.1) is 5.52 Å². The van der Waals surface area contributed by atoms with E-state index in [9.17, 15) is 14.4 Å². The number of carbonyl (C=O) groups is 2. The highest BCUT2D eigenvalue weighted by atomic mass is 16.2. The minimum atomic E-state index is -0.526. The van der Waals surface area contributed by atoms with Crippen molar-refractivity contribution in [2.24, 2.45) is 5.92 Å². The Morgan fingerprint density at radius 3 is 2.62 bits per heavy atom. The molecule has 0 aliphatic heterocycles. The summed E-state index contributed by atoms with van der Waals surface area (Å²) in [6, 6.07) is 9.65. The molecular weight excluding hydrogens is 428 g/mol. The van der Waals surface area contributed by atoms with E-state index in [4.69, 9.17) is 0 Å². The van der Waals surface area contributed by atoms with Crippen molar-refractivity contribution in [3.8, 4) is 0 Å². The van der Waals surface area contributed by atoms with Gasteiger partial charge in [0.1, 0.15) is 11.1 Å². The Labute approximate surface area is 199 Å². The zero-order valence-corrected chi connectivity index (χ0v) is 19.9. The number of hydrogen-bond acceptors (Lipinski definition) is 4. The Hall–Kier alpha value is -3.48. The molecule has 2 aromatic heterocycles. The van der Waals surface area contributed by atoms with Crippen molar-refractivity contribution in [3.05, 3.63) is 75.8 Å². The molecule has 178 valence electrons. The van der Waals surface area contributed by atoms with Crippen LogP contribution in [0, 0.1) is 5.92 Å². The normalized spacial score (nSPS) is 14.2. The fourth-order valence-corrected chi connectivity index (χ4v) is 4.81. The summed E-state index contributed by atoms with van der Waals surface area (Å²) in [6.45, 7) is 3.25. The van der Waals surface area contributed by atoms with Crippen molar-refractivity contribution in [1.82, 2.24) is 19.8 Å². The first-order valence-electron chi connectivity index (χ1n) is 12.1. The average molecular weight is 461 g/mol.